The zero-order valence-corrected chi connectivity index (χ0v) is 20.6. The molecule has 212 valence electrons. The van der Waals surface area contributed by atoms with E-state index in [1.54, 1.807) is 6.07 Å². The summed E-state index contributed by atoms with van der Waals surface area (Å²) in [5.41, 5.74) is -4.12. The first kappa shape index (κ1) is 27.7. The van der Waals surface area contributed by atoms with Crippen molar-refractivity contribution in [1.29, 1.82) is 0 Å². The fraction of sp³-hybridized carbons (Fsp3) is 0.538. The Kier molecular flexibility index (Phi) is 6.62. The largest absolute Gasteiger partial charge is 0.461 e. The quantitative estimate of drug-likeness (QED) is 0.385. The zero-order chi connectivity index (χ0) is 28.5. The van der Waals surface area contributed by atoms with Gasteiger partial charge in [0.25, 0.3) is 0 Å². The number of ether oxygens (including phenoxy) is 1. The molecule has 1 saturated carbocycles. The van der Waals surface area contributed by atoms with Gasteiger partial charge in [0.05, 0.1) is 28.7 Å². The molecular weight excluding hydrogens is 536 g/mol. The van der Waals surface area contributed by atoms with E-state index in [-0.39, 0.29) is 37.0 Å². The molecule has 1 aliphatic carbocycles. The lowest BCUT2D eigenvalue weighted by Gasteiger charge is -2.44. The minimum absolute atomic E-state index is 0.0134. The van der Waals surface area contributed by atoms with Crippen LogP contribution in [0.3, 0.4) is 0 Å². The van der Waals surface area contributed by atoms with Crippen molar-refractivity contribution in [3.8, 4) is 0 Å². The standard InChI is InChI=1S/C26H25F6NO6/c1-2-3-12-9-17-21(18-10-20(39-24(12,18)37)19-5-4-16(11-34)38-19)23(36)33(22(17)35)15-7-13(25(27,28)29)6-14(8-15)26(30,31)32/h4-8,12,17-18,20-21,34,37H,2-3,9-11H2,1H3/t12-,17-,18-,20-,21-,24+/m0/s1. The van der Waals surface area contributed by atoms with Crippen LogP contribution in [0.2, 0.25) is 0 Å². The summed E-state index contributed by atoms with van der Waals surface area (Å²) in [5.74, 6) is -7.17. The second-order valence-electron chi connectivity index (χ2n) is 10.3. The van der Waals surface area contributed by atoms with Crippen LogP contribution in [0.15, 0.2) is 34.7 Å². The van der Waals surface area contributed by atoms with Gasteiger partial charge in [0.15, 0.2) is 5.79 Å². The van der Waals surface area contributed by atoms with Crippen molar-refractivity contribution in [3.63, 3.8) is 0 Å². The molecule has 0 spiro atoms. The summed E-state index contributed by atoms with van der Waals surface area (Å²) in [5, 5.41) is 21.0. The van der Waals surface area contributed by atoms with E-state index < -0.39 is 76.5 Å². The highest BCUT2D eigenvalue weighted by molar-refractivity contribution is 6.22. The second-order valence-corrected chi connectivity index (χ2v) is 10.3. The van der Waals surface area contributed by atoms with Crippen LogP contribution in [-0.2, 0) is 33.3 Å². The van der Waals surface area contributed by atoms with E-state index in [1.165, 1.54) is 6.07 Å². The summed E-state index contributed by atoms with van der Waals surface area (Å²) in [7, 11) is 0. The Balaban J connectivity index is 1.56. The molecule has 1 aromatic carbocycles. The van der Waals surface area contributed by atoms with Gasteiger partial charge in [0.2, 0.25) is 11.8 Å². The van der Waals surface area contributed by atoms with Crippen molar-refractivity contribution in [3.05, 3.63) is 53.0 Å². The highest BCUT2D eigenvalue weighted by Crippen LogP contribution is 2.59. The molecule has 39 heavy (non-hydrogen) atoms. The minimum atomic E-state index is -5.16. The van der Waals surface area contributed by atoms with E-state index in [2.05, 4.69) is 0 Å². The Hall–Kier alpha value is -2.90. The molecule has 2 N–H and O–H groups in total. The fourth-order valence-electron chi connectivity index (χ4n) is 6.31. The average molecular weight is 561 g/mol. The third-order valence-electron chi connectivity index (χ3n) is 7.99. The lowest BCUT2D eigenvalue weighted by Crippen LogP contribution is -2.53. The summed E-state index contributed by atoms with van der Waals surface area (Å²) < 4.78 is 92.4. The van der Waals surface area contributed by atoms with Crippen LogP contribution in [0.1, 0.15) is 61.4 Å². The fourth-order valence-corrected chi connectivity index (χ4v) is 6.31. The number of carbonyl (C=O) groups is 2. The van der Waals surface area contributed by atoms with Crippen molar-refractivity contribution >= 4 is 17.5 Å². The van der Waals surface area contributed by atoms with Crippen LogP contribution in [0, 0.1) is 23.7 Å². The third-order valence-corrected chi connectivity index (χ3v) is 7.99. The number of rotatable bonds is 5. The number of alkyl halides is 6. The van der Waals surface area contributed by atoms with Gasteiger partial charge in [0.1, 0.15) is 24.2 Å². The Morgan fingerprint density at radius 2 is 1.64 bits per heavy atom. The number of hydrogen-bond acceptors (Lipinski definition) is 6. The van der Waals surface area contributed by atoms with E-state index in [0.717, 1.165) is 0 Å². The molecule has 13 heteroatoms. The highest BCUT2D eigenvalue weighted by Gasteiger charge is 2.67. The molecule has 2 aliphatic heterocycles. The van der Waals surface area contributed by atoms with Gasteiger partial charge in [-0.05, 0) is 49.6 Å². The topological polar surface area (TPSA) is 100 Å². The van der Waals surface area contributed by atoms with Crippen LogP contribution in [0.25, 0.3) is 0 Å². The van der Waals surface area contributed by atoms with Gasteiger partial charge in [-0.1, -0.05) is 13.3 Å². The molecule has 0 bridgehead atoms. The monoisotopic (exact) mass is 561 g/mol. The van der Waals surface area contributed by atoms with Crippen LogP contribution >= 0.6 is 0 Å². The van der Waals surface area contributed by atoms with Gasteiger partial charge >= 0.3 is 12.4 Å². The molecule has 3 fully saturated rings. The SMILES string of the molecule is CCC[C@H]1C[C@@H]2C(=O)N(c3cc(C(F)(F)F)cc(C(F)(F)F)c3)C(=O)[C@@H]2[C@@H]2C[C@@H](c3ccc(CO)o3)O[C@]12O. The molecule has 3 aliphatic rings. The lowest BCUT2D eigenvalue weighted by molar-refractivity contribution is -0.271. The number of halogens is 6. The Morgan fingerprint density at radius 1 is 1.00 bits per heavy atom. The first-order valence-corrected chi connectivity index (χ1v) is 12.5. The van der Waals surface area contributed by atoms with Crippen molar-refractivity contribution in [1.82, 2.24) is 0 Å². The molecule has 1 aromatic heterocycles. The first-order chi connectivity index (χ1) is 18.2. The number of anilines is 1. The van der Waals surface area contributed by atoms with Crippen molar-refractivity contribution in [2.75, 3.05) is 4.90 Å². The Morgan fingerprint density at radius 3 is 2.18 bits per heavy atom. The number of amides is 2. The molecule has 0 radical (unpaired) electrons. The van der Waals surface area contributed by atoms with Gasteiger partial charge in [-0.2, -0.15) is 26.3 Å². The van der Waals surface area contributed by atoms with Crippen molar-refractivity contribution in [2.24, 2.45) is 23.7 Å². The van der Waals surface area contributed by atoms with E-state index in [4.69, 9.17) is 9.15 Å². The van der Waals surface area contributed by atoms with Gasteiger partial charge in [0, 0.05) is 11.8 Å². The van der Waals surface area contributed by atoms with Crippen LogP contribution in [0.4, 0.5) is 32.0 Å². The lowest BCUT2D eigenvalue weighted by atomic mass is 9.63. The van der Waals surface area contributed by atoms with Crippen LogP contribution < -0.4 is 4.90 Å². The molecule has 3 heterocycles. The Labute approximate surface area is 218 Å². The molecule has 0 unspecified atom stereocenters. The molecule has 2 aromatic rings. The van der Waals surface area contributed by atoms with Crippen LogP contribution in [0.5, 0.6) is 0 Å². The first-order valence-electron chi connectivity index (χ1n) is 12.5. The normalized spacial score (nSPS) is 31.1. The minimum Gasteiger partial charge on any atom is -0.461 e. The third kappa shape index (κ3) is 4.53. The highest BCUT2D eigenvalue weighted by atomic mass is 19.4. The summed E-state index contributed by atoms with van der Waals surface area (Å²) in [6, 6.07) is 3.68. The number of hydrogen-bond donors (Lipinski definition) is 2. The number of benzene rings is 1. The molecule has 6 atom stereocenters. The number of imide groups is 1. The summed E-state index contributed by atoms with van der Waals surface area (Å²) in [6.07, 6.45) is -10.2. The van der Waals surface area contributed by atoms with E-state index >= 15 is 0 Å². The van der Waals surface area contributed by atoms with Gasteiger partial charge in [-0.25, -0.2) is 0 Å². The van der Waals surface area contributed by atoms with Crippen molar-refractivity contribution in [2.45, 2.75) is 63.5 Å². The number of aliphatic hydroxyl groups excluding tert-OH is 1. The number of aliphatic hydroxyl groups is 2. The predicted molar refractivity (Wildman–Crippen MR) is 120 cm³/mol. The van der Waals surface area contributed by atoms with Gasteiger partial charge in [-0.15, -0.1) is 0 Å². The maximum atomic E-state index is 13.6. The van der Waals surface area contributed by atoms with E-state index in [0.29, 0.717) is 29.9 Å². The van der Waals surface area contributed by atoms with Gasteiger partial charge < -0.3 is 19.4 Å². The summed E-state index contributed by atoms with van der Waals surface area (Å²) >= 11 is 0. The average Bonchev–Trinajstić information content (AvgIpc) is 3.53. The van der Waals surface area contributed by atoms with Crippen LogP contribution in [-0.4, -0.2) is 27.8 Å². The van der Waals surface area contributed by atoms with E-state index in [1.807, 2.05) is 6.92 Å². The molecule has 2 saturated heterocycles. The van der Waals surface area contributed by atoms with Crippen molar-refractivity contribution < 1.29 is 55.3 Å². The number of furan rings is 1. The number of nitrogens with zero attached hydrogens (tertiary/aromatic N) is 1. The molecule has 7 nitrogen and oxygen atoms in total. The second kappa shape index (κ2) is 9.34. The molecule has 5 rings (SSSR count). The van der Waals surface area contributed by atoms with Gasteiger partial charge in [-0.3, -0.25) is 14.5 Å². The maximum absolute atomic E-state index is 13.6. The van der Waals surface area contributed by atoms with E-state index in [9.17, 15) is 46.1 Å². The number of carbonyl (C=O) groups excluding carboxylic acids is 2. The number of fused-ring (bicyclic) bond motifs is 3. The smallest absolute Gasteiger partial charge is 0.416 e. The maximum Gasteiger partial charge on any atom is 0.416 e. The molecule has 2 amide bonds. The zero-order valence-electron chi connectivity index (χ0n) is 20.6. The Bertz CT molecular complexity index is 1260. The predicted octanol–water partition coefficient (Wildman–Crippen LogP) is 5.20. The molecular formula is C26H25F6NO6. The summed E-state index contributed by atoms with van der Waals surface area (Å²) in [6.45, 7) is 1.45. The summed E-state index contributed by atoms with van der Waals surface area (Å²) in [4.78, 5) is 27.5.